The molecule has 0 aromatic carbocycles. The third-order valence-corrected chi connectivity index (χ3v) is 3.71. The highest BCUT2D eigenvalue weighted by molar-refractivity contribution is 5.94. The fourth-order valence-electron chi connectivity index (χ4n) is 2.65. The van der Waals surface area contributed by atoms with Gasteiger partial charge in [-0.25, -0.2) is 4.39 Å². The largest absolute Gasteiger partial charge is 0.371 e. The maximum atomic E-state index is 13.6. The zero-order valence-corrected chi connectivity index (χ0v) is 12.2. The van der Waals surface area contributed by atoms with E-state index in [2.05, 4.69) is 15.4 Å². The van der Waals surface area contributed by atoms with E-state index in [4.69, 9.17) is 4.74 Å². The zero-order valence-electron chi connectivity index (χ0n) is 12.2. The normalized spacial score (nSPS) is 21.5. The zero-order chi connectivity index (χ0) is 15.5. The molecule has 2 atom stereocenters. The summed E-state index contributed by atoms with van der Waals surface area (Å²) in [6, 6.07) is 1.16. The minimum absolute atomic E-state index is 0.00879. The Morgan fingerprint density at radius 2 is 2.36 bits per heavy atom. The summed E-state index contributed by atoms with van der Waals surface area (Å²) in [5, 5.41) is 7.00. The van der Waals surface area contributed by atoms with Crippen LogP contribution in [0, 0.1) is 5.82 Å². The third-order valence-electron chi connectivity index (χ3n) is 3.71. The predicted octanol–water partition coefficient (Wildman–Crippen LogP) is 1.60. The van der Waals surface area contributed by atoms with Crippen molar-refractivity contribution in [1.29, 1.82) is 0 Å². The number of halogens is 1. The van der Waals surface area contributed by atoms with Crippen LogP contribution in [0.25, 0.3) is 0 Å². The van der Waals surface area contributed by atoms with Gasteiger partial charge in [-0.15, -0.1) is 0 Å². The second-order valence-corrected chi connectivity index (χ2v) is 5.32. The molecular weight excluding hydrogens is 287 g/mol. The van der Waals surface area contributed by atoms with Gasteiger partial charge in [-0.1, -0.05) is 0 Å². The number of carbonyl (C=O) groups is 1. The Kier molecular flexibility index (Phi) is 4.15. The van der Waals surface area contributed by atoms with E-state index < -0.39 is 11.7 Å². The molecular formula is C15H17FN4O2. The lowest BCUT2D eigenvalue weighted by molar-refractivity contribution is -0.00954. The lowest BCUT2D eigenvalue weighted by Crippen LogP contribution is -2.43. The summed E-state index contributed by atoms with van der Waals surface area (Å²) in [5.41, 5.74) is 0.896. The van der Waals surface area contributed by atoms with Crippen molar-refractivity contribution in [3.63, 3.8) is 0 Å². The van der Waals surface area contributed by atoms with Crippen LogP contribution in [-0.2, 0) is 11.8 Å². The van der Waals surface area contributed by atoms with E-state index in [9.17, 15) is 9.18 Å². The van der Waals surface area contributed by atoms with Crippen molar-refractivity contribution in [1.82, 2.24) is 20.1 Å². The Balaban J connectivity index is 1.77. The number of hydrogen-bond acceptors (Lipinski definition) is 4. The molecule has 0 bridgehead atoms. The van der Waals surface area contributed by atoms with Crippen LogP contribution in [0.15, 0.2) is 30.9 Å². The molecule has 0 spiro atoms. The highest BCUT2D eigenvalue weighted by Crippen LogP contribution is 2.28. The van der Waals surface area contributed by atoms with Gasteiger partial charge in [-0.05, 0) is 18.9 Å². The standard InChI is InChI=1S/C15H17FN4O2/c1-20-9-10(7-18-20)14-13(3-2-6-22-14)19-15(21)11-4-5-17-8-12(11)16/h4-5,7-9,13-14H,2-3,6H2,1H3,(H,19,21)/t13-,14+/m0/s1. The monoisotopic (exact) mass is 304 g/mol. The first kappa shape index (κ1) is 14.6. The van der Waals surface area contributed by atoms with E-state index in [-0.39, 0.29) is 17.7 Å². The summed E-state index contributed by atoms with van der Waals surface area (Å²) in [4.78, 5) is 15.9. The molecule has 0 radical (unpaired) electrons. The SMILES string of the molecule is Cn1cc([C@H]2OCCC[C@@H]2NC(=O)c2ccncc2F)cn1. The van der Waals surface area contributed by atoms with Crippen LogP contribution in [0.4, 0.5) is 4.39 Å². The number of hydrogen-bond donors (Lipinski definition) is 1. The lowest BCUT2D eigenvalue weighted by Gasteiger charge is -2.31. The molecule has 3 heterocycles. The van der Waals surface area contributed by atoms with Crippen LogP contribution < -0.4 is 5.32 Å². The molecule has 1 fully saturated rings. The summed E-state index contributed by atoms with van der Waals surface area (Å²) in [6.45, 7) is 0.634. The van der Waals surface area contributed by atoms with Gasteiger partial charge in [0.1, 0.15) is 6.10 Å². The Morgan fingerprint density at radius 3 is 3.09 bits per heavy atom. The van der Waals surface area contributed by atoms with Crippen LogP contribution in [0.5, 0.6) is 0 Å². The number of ether oxygens (including phenoxy) is 1. The van der Waals surface area contributed by atoms with Crippen molar-refractivity contribution < 1.29 is 13.9 Å². The molecule has 2 aromatic rings. The van der Waals surface area contributed by atoms with Crippen molar-refractivity contribution in [2.75, 3.05) is 6.61 Å². The highest BCUT2D eigenvalue weighted by Gasteiger charge is 2.30. The second-order valence-electron chi connectivity index (χ2n) is 5.32. The Morgan fingerprint density at radius 1 is 1.50 bits per heavy atom. The van der Waals surface area contributed by atoms with Gasteiger partial charge >= 0.3 is 0 Å². The molecule has 1 aliphatic rings. The van der Waals surface area contributed by atoms with E-state index in [0.717, 1.165) is 24.6 Å². The van der Waals surface area contributed by atoms with E-state index in [0.29, 0.717) is 6.61 Å². The van der Waals surface area contributed by atoms with Crippen LogP contribution in [0.3, 0.4) is 0 Å². The summed E-state index contributed by atoms with van der Waals surface area (Å²) < 4.78 is 21.1. The molecule has 1 aliphatic heterocycles. The molecule has 3 rings (SSSR count). The fraction of sp³-hybridized carbons (Fsp3) is 0.400. The van der Waals surface area contributed by atoms with Gasteiger partial charge in [0.2, 0.25) is 0 Å². The molecule has 0 unspecified atom stereocenters. The van der Waals surface area contributed by atoms with Crippen molar-refractivity contribution in [2.45, 2.75) is 25.0 Å². The summed E-state index contributed by atoms with van der Waals surface area (Å²) in [7, 11) is 1.83. The van der Waals surface area contributed by atoms with Gasteiger partial charge in [0.25, 0.3) is 5.91 Å². The minimum atomic E-state index is -0.630. The van der Waals surface area contributed by atoms with Gasteiger partial charge in [0.15, 0.2) is 5.82 Å². The summed E-state index contributed by atoms with van der Waals surface area (Å²) >= 11 is 0. The maximum absolute atomic E-state index is 13.6. The number of amides is 1. The molecule has 1 N–H and O–H groups in total. The number of pyridine rings is 1. The molecule has 0 saturated carbocycles. The van der Waals surface area contributed by atoms with Crippen LogP contribution >= 0.6 is 0 Å². The number of rotatable bonds is 3. The first-order chi connectivity index (χ1) is 10.6. The van der Waals surface area contributed by atoms with Crippen molar-refractivity contribution in [3.05, 3.63) is 47.8 Å². The van der Waals surface area contributed by atoms with Crippen molar-refractivity contribution in [3.8, 4) is 0 Å². The molecule has 0 aliphatic carbocycles. The lowest BCUT2D eigenvalue weighted by atomic mass is 9.97. The first-order valence-electron chi connectivity index (χ1n) is 7.15. The number of aromatic nitrogens is 3. The molecule has 22 heavy (non-hydrogen) atoms. The Hall–Kier alpha value is -2.28. The molecule has 1 saturated heterocycles. The topological polar surface area (TPSA) is 69.0 Å². The molecule has 116 valence electrons. The quantitative estimate of drug-likeness (QED) is 0.935. The van der Waals surface area contributed by atoms with Crippen molar-refractivity contribution >= 4 is 5.91 Å². The van der Waals surface area contributed by atoms with Gasteiger partial charge < -0.3 is 10.1 Å². The number of carbonyl (C=O) groups excluding carboxylic acids is 1. The molecule has 7 heteroatoms. The average molecular weight is 304 g/mol. The highest BCUT2D eigenvalue weighted by atomic mass is 19.1. The first-order valence-corrected chi connectivity index (χ1v) is 7.15. The van der Waals surface area contributed by atoms with E-state index in [1.54, 1.807) is 10.9 Å². The van der Waals surface area contributed by atoms with Gasteiger partial charge in [-0.3, -0.25) is 14.5 Å². The molecule has 2 aromatic heterocycles. The summed E-state index contributed by atoms with van der Waals surface area (Å²) in [5.74, 6) is -1.08. The van der Waals surface area contributed by atoms with Gasteiger partial charge in [0.05, 0.1) is 24.0 Å². The van der Waals surface area contributed by atoms with E-state index in [1.165, 1.54) is 12.3 Å². The number of aryl methyl sites for hydroxylation is 1. The van der Waals surface area contributed by atoms with E-state index >= 15 is 0 Å². The maximum Gasteiger partial charge on any atom is 0.254 e. The number of nitrogens with one attached hydrogen (secondary N) is 1. The second kappa shape index (κ2) is 6.23. The van der Waals surface area contributed by atoms with Crippen LogP contribution in [0.2, 0.25) is 0 Å². The van der Waals surface area contributed by atoms with Crippen molar-refractivity contribution in [2.24, 2.45) is 7.05 Å². The van der Waals surface area contributed by atoms with Crippen LogP contribution in [0.1, 0.15) is 34.9 Å². The molecule has 6 nitrogen and oxygen atoms in total. The molecule has 1 amide bonds. The smallest absolute Gasteiger partial charge is 0.254 e. The summed E-state index contributed by atoms with van der Waals surface area (Å²) in [6.07, 6.45) is 7.37. The Labute approximate surface area is 127 Å². The third kappa shape index (κ3) is 2.99. The van der Waals surface area contributed by atoms with Gasteiger partial charge in [-0.2, -0.15) is 5.10 Å². The Bertz CT molecular complexity index is 673. The van der Waals surface area contributed by atoms with Gasteiger partial charge in [0, 0.05) is 31.6 Å². The average Bonchev–Trinajstić information content (AvgIpc) is 2.94. The predicted molar refractivity (Wildman–Crippen MR) is 76.6 cm³/mol. The fourth-order valence-corrected chi connectivity index (χ4v) is 2.65. The van der Waals surface area contributed by atoms with E-state index in [1.807, 2.05) is 13.2 Å². The minimum Gasteiger partial charge on any atom is -0.371 e. The number of nitrogens with zero attached hydrogens (tertiary/aromatic N) is 3. The van der Waals surface area contributed by atoms with Crippen LogP contribution in [-0.4, -0.2) is 33.3 Å².